The van der Waals surface area contributed by atoms with Gasteiger partial charge in [-0.1, -0.05) is 18.2 Å². The van der Waals surface area contributed by atoms with E-state index in [0.29, 0.717) is 17.9 Å². The number of aryl methyl sites for hydroxylation is 1. The fraction of sp³-hybridized carbons (Fsp3) is 0.269. The molecular weight excluding hydrogens is 420 g/mol. The van der Waals surface area contributed by atoms with Crippen molar-refractivity contribution in [2.24, 2.45) is 0 Å². The van der Waals surface area contributed by atoms with Crippen molar-refractivity contribution in [3.63, 3.8) is 0 Å². The molecule has 2 aromatic carbocycles. The molecule has 0 saturated carbocycles. The van der Waals surface area contributed by atoms with E-state index in [9.17, 15) is 4.79 Å². The van der Waals surface area contributed by atoms with Gasteiger partial charge in [0.05, 0.1) is 31.6 Å². The zero-order valence-electron chi connectivity index (χ0n) is 18.4. The lowest BCUT2D eigenvalue weighted by Crippen LogP contribution is -2.26. The third-order valence-electron chi connectivity index (χ3n) is 6.23. The maximum Gasteiger partial charge on any atom is 0.163 e. The molecule has 0 fully saturated rings. The number of carbonyl (C=O) groups excluding carboxylic acids is 1. The highest BCUT2D eigenvalue weighted by atomic mass is 32.1. The van der Waals surface area contributed by atoms with Crippen LogP contribution in [0.25, 0.3) is 0 Å². The number of allylic oxidation sites excluding steroid dienone is 1. The Morgan fingerprint density at radius 3 is 2.44 bits per heavy atom. The maximum absolute atomic E-state index is 13.6. The van der Waals surface area contributed by atoms with Crippen LogP contribution in [0.4, 0.5) is 11.4 Å². The van der Waals surface area contributed by atoms with Gasteiger partial charge in [0.1, 0.15) is 0 Å². The summed E-state index contributed by atoms with van der Waals surface area (Å²) < 4.78 is 10.9. The normalized spacial score (nSPS) is 19.9. The Labute approximate surface area is 192 Å². The topological polar surface area (TPSA) is 59.6 Å². The number of anilines is 2. The van der Waals surface area contributed by atoms with Crippen LogP contribution in [-0.4, -0.2) is 20.0 Å². The number of benzene rings is 2. The first-order valence-electron chi connectivity index (χ1n) is 10.7. The van der Waals surface area contributed by atoms with Crippen molar-refractivity contribution < 1.29 is 14.3 Å². The molecule has 2 heterocycles. The van der Waals surface area contributed by atoms with E-state index in [1.165, 1.54) is 4.88 Å². The van der Waals surface area contributed by atoms with Gasteiger partial charge < -0.3 is 20.1 Å². The fourth-order valence-electron chi connectivity index (χ4n) is 4.66. The molecule has 0 bridgehead atoms. The van der Waals surface area contributed by atoms with Crippen LogP contribution in [-0.2, 0) is 4.79 Å². The van der Waals surface area contributed by atoms with Gasteiger partial charge in [-0.05, 0) is 61.2 Å². The number of methoxy groups -OCH3 is 2. The molecular formula is C26H26N2O3S. The molecule has 32 heavy (non-hydrogen) atoms. The van der Waals surface area contributed by atoms with E-state index in [0.717, 1.165) is 39.5 Å². The third-order valence-corrected chi connectivity index (χ3v) is 7.30. The number of rotatable bonds is 4. The van der Waals surface area contributed by atoms with Crippen molar-refractivity contribution in [3.05, 3.63) is 81.2 Å². The van der Waals surface area contributed by atoms with Crippen molar-refractivity contribution in [2.45, 2.75) is 31.7 Å². The van der Waals surface area contributed by atoms with Gasteiger partial charge in [0.15, 0.2) is 17.3 Å². The molecule has 1 aliphatic heterocycles. The Hall–Kier alpha value is -3.25. The van der Waals surface area contributed by atoms with Crippen LogP contribution in [0.15, 0.2) is 65.9 Å². The first kappa shape index (κ1) is 20.6. The Morgan fingerprint density at radius 2 is 1.72 bits per heavy atom. The fourth-order valence-corrected chi connectivity index (χ4v) is 5.60. The van der Waals surface area contributed by atoms with Gasteiger partial charge in [-0.15, -0.1) is 11.3 Å². The zero-order chi connectivity index (χ0) is 22.2. The van der Waals surface area contributed by atoms with E-state index >= 15 is 0 Å². The number of para-hydroxylation sites is 2. The first-order valence-corrected chi connectivity index (χ1v) is 11.6. The minimum atomic E-state index is -0.154. The van der Waals surface area contributed by atoms with Crippen molar-refractivity contribution in [1.82, 2.24) is 0 Å². The van der Waals surface area contributed by atoms with E-state index in [-0.39, 0.29) is 17.7 Å². The number of nitrogens with one attached hydrogen (secondary N) is 2. The second-order valence-corrected chi connectivity index (χ2v) is 9.55. The molecule has 0 unspecified atom stereocenters. The highest BCUT2D eigenvalue weighted by Crippen LogP contribution is 2.46. The molecule has 164 valence electrons. The number of hydrogen-bond acceptors (Lipinski definition) is 6. The van der Waals surface area contributed by atoms with E-state index in [1.807, 2.05) is 30.3 Å². The van der Waals surface area contributed by atoms with Gasteiger partial charge in [0.25, 0.3) is 0 Å². The highest BCUT2D eigenvalue weighted by molar-refractivity contribution is 7.12. The monoisotopic (exact) mass is 446 g/mol. The summed E-state index contributed by atoms with van der Waals surface area (Å²) in [5, 5.41) is 7.23. The summed E-state index contributed by atoms with van der Waals surface area (Å²) in [6, 6.07) is 18.2. The first-order chi connectivity index (χ1) is 15.6. The quantitative estimate of drug-likeness (QED) is 0.511. The molecule has 0 radical (unpaired) electrons. The van der Waals surface area contributed by atoms with Crippen LogP contribution in [0.3, 0.4) is 0 Å². The van der Waals surface area contributed by atoms with Crippen molar-refractivity contribution >= 4 is 28.5 Å². The van der Waals surface area contributed by atoms with E-state index in [2.05, 4.69) is 41.8 Å². The van der Waals surface area contributed by atoms with Gasteiger partial charge in [-0.3, -0.25) is 4.79 Å². The summed E-state index contributed by atoms with van der Waals surface area (Å²) in [5.41, 5.74) is 4.93. The summed E-state index contributed by atoms with van der Waals surface area (Å²) >= 11 is 1.74. The Morgan fingerprint density at radius 1 is 0.938 bits per heavy atom. The standard InChI is InChI=1S/C26H26N2O3S/c1-15-8-11-24(32-15)26-25-20(27-18-6-4-5-7-19(18)28-26)12-17(13-21(25)29)16-9-10-22(30-2)23(14-16)31-3/h4-11,14,17,26-28H,12-13H2,1-3H3/t17-,26+/m1/s1. The second-order valence-electron chi connectivity index (χ2n) is 8.23. The van der Waals surface area contributed by atoms with Crippen LogP contribution >= 0.6 is 11.3 Å². The number of ether oxygens (including phenoxy) is 2. The lowest BCUT2D eigenvalue weighted by atomic mass is 9.79. The third kappa shape index (κ3) is 3.65. The molecule has 3 aromatic rings. The van der Waals surface area contributed by atoms with Crippen LogP contribution in [0.2, 0.25) is 0 Å². The lowest BCUT2D eigenvalue weighted by Gasteiger charge is -2.29. The second kappa shape index (κ2) is 8.36. The van der Waals surface area contributed by atoms with Crippen LogP contribution in [0, 0.1) is 6.92 Å². The predicted octanol–water partition coefficient (Wildman–Crippen LogP) is 6.05. The molecule has 1 aromatic heterocycles. The molecule has 2 atom stereocenters. The lowest BCUT2D eigenvalue weighted by molar-refractivity contribution is -0.116. The summed E-state index contributed by atoms with van der Waals surface area (Å²) in [4.78, 5) is 16.0. The molecule has 5 rings (SSSR count). The molecule has 0 spiro atoms. The molecule has 1 aliphatic carbocycles. The maximum atomic E-state index is 13.6. The van der Waals surface area contributed by atoms with Gasteiger partial charge in [0.2, 0.25) is 0 Å². The SMILES string of the molecule is COc1ccc([C@H]2CC(=O)C3=C(C2)Nc2ccccc2N[C@H]3c2ccc(C)s2)cc1OC. The van der Waals surface area contributed by atoms with E-state index in [4.69, 9.17) is 9.47 Å². The van der Waals surface area contributed by atoms with Crippen molar-refractivity contribution in [1.29, 1.82) is 0 Å². The Balaban J connectivity index is 1.57. The minimum absolute atomic E-state index is 0.0736. The van der Waals surface area contributed by atoms with Crippen molar-refractivity contribution in [2.75, 3.05) is 24.9 Å². The average Bonchev–Trinajstić information content (AvgIpc) is 3.16. The van der Waals surface area contributed by atoms with Gasteiger partial charge in [0, 0.05) is 27.4 Å². The summed E-state index contributed by atoms with van der Waals surface area (Å²) in [7, 11) is 3.27. The van der Waals surface area contributed by atoms with E-state index in [1.54, 1.807) is 25.6 Å². The van der Waals surface area contributed by atoms with Gasteiger partial charge in [-0.2, -0.15) is 0 Å². The number of hydrogen-bond donors (Lipinski definition) is 2. The number of carbonyl (C=O) groups is 1. The summed E-state index contributed by atoms with van der Waals surface area (Å²) in [6.45, 7) is 2.10. The van der Waals surface area contributed by atoms with Crippen LogP contribution in [0.5, 0.6) is 11.5 Å². The molecule has 0 amide bonds. The molecule has 0 saturated heterocycles. The zero-order valence-corrected chi connectivity index (χ0v) is 19.2. The Kier molecular flexibility index (Phi) is 5.39. The van der Waals surface area contributed by atoms with E-state index < -0.39 is 0 Å². The largest absolute Gasteiger partial charge is 0.493 e. The van der Waals surface area contributed by atoms with Crippen molar-refractivity contribution in [3.8, 4) is 11.5 Å². The predicted molar refractivity (Wildman–Crippen MR) is 129 cm³/mol. The number of ketones is 1. The van der Waals surface area contributed by atoms with Crippen LogP contribution in [0.1, 0.15) is 40.1 Å². The highest BCUT2D eigenvalue weighted by Gasteiger charge is 2.36. The number of thiophene rings is 1. The van der Waals surface area contributed by atoms with Gasteiger partial charge in [-0.25, -0.2) is 0 Å². The molecule has 2 N–H and O–H groups in total. The summed E-state index contributed by atoms with van der Waals surface area (Å²) in [5.74, 6) is 1.63. The summed E-state index contributed by atoms with van der Waals surface area (Å²) in [6.07, 6.45) is 1.22. The average molecular weight is 447 g/mol. The Bertz CT molecular complexity index is 1210. The molecule has 6 heteroatoms. The number of Topliss-reactive ketones (excluding diaryl/α,β-unsaturated/α-hetero) is 1. The smallest absolute Gasteiger partial charge is 0.163 e. The van der Waals surface area contributed by atoms with Crippen LogP contribution < -0.4 is 20.1 Å². The number of fused-ring (bicyclic) bond motifs is 1. The minimum Gasteiger partial charge on any atom is -0.493 e. The molecule has 2 aliphatic rings. The molecule has 5 nitrogen and oxygen atoms in total. The van der Waals surface area contributed by atoms with Gasteiger partial charge >= 0.3 is 0 Å².